The lowest BCUT2D eigenvalue weighted by atomic mass is 10.0. The van der Waals surface area contributed by atoms with Crippen molar-refractivity contribution in [3.63, 3.8) is 0 Å². The van der Waals surface area contributed by atoms with E-state index in [1.54, 1.807) is 30.5 Å². The Bertz CT molecular complexity index is 1940. The number of nitrogens with one attached hydrogen (secondary N) is 2. The van der Waals surface area contributed by atoms with E-state index in [4.69, 9.17) is 0 Å². The Kier molecular flexibility index (Phi) is 5.68. The van der Waals surface area contributed by atoms with E-state index in [2.05, 4.69) is 35.1 Å². The number of aromatic nitrogens is 7. The topological polar surface area (TPSA) is 130 Å². The summed E-state index contributed by atoms with van der Waals surface area (Å²) in [5.74, 6) is -0.811. The van der Waals surface area contributed by atoms with Crippen LogP contribution in [0.25, 0.3) is 55.8 Å². The summed E-state index contributed by atoms with van der Waals surface area (Å²) in [7, 11) is -3.21. The zero-order valence-corrected chi connectivity index (χ0v) is 20.7. The average molecular weight is 532 g/mol. The fraction of sp³-hybridized carbons (Fsp3) is 0.115. The summed E-state index contributed by atoms with van der Waals surface area (Å²) in [5, 5.41) is 7.37. The van der Waals surface area contributed by atoms with Gasteiger partial charge in [0.1, 0.15) is 33.5 Å². The van der Waals surface area contributed by atoms with Crippen molar-refractivity contribution in [1.29, 1.82) is 0 Å². The number of imidazole rings is 1. The van der Waals surface area contributed by atoms with E-state index < -0.39 is 21.5 Å². The molecule has 190 valence electrons. The Balaban J connectivity index is 1.46. The van der Waals surface area contributed by atoms with Crippen LogP contribution in [0.2, 0.25) is 0 Å². The number of benzene rings is 2. The van der Waals surface area contributed by atoms with Crippen molar-refractivity contribution in [2.24, 2.45) is 0 Å². The lowest BCUT2D eigenvalue weighted by molar-refractivity contribution is 0.600. The Morgan fingerprint density at radius 3 is 2.58 bits per heavy atom. The van der Waals surface area contributed by atoms with Crippen molar-refractivity contribution in [3.8, 4) is 33.8 Å². The van der Waals surface area contributed by atoms with Crippen molar-refractivity contribution in [2.45, 2.75) is 6.42 Å². The van der Waals surface area contributed by atoms with Gasteiger partial charge in [-0.15, -0.1) is 0 Å². The van der Waals surface area contributed by atoms with Gasteiger partial charge in [-0.3, -0.25) is 5.10 Å². The van der Waals surface area contributed by atoms with Crippen molar-refractivity contribution < 1.29 is 17.2 Å². The molecule has 0 bridgehead atoms. The summed E-state index contributed by atoms with van der Waals surface area (Å²) in [4.78, 5) is 20.0. The molecule has 0 radical (unpaired) electrons. The third-order valence-electron chi connectivity index (χ3n) is 6.18. The van der Waals surface area contributed by atoms with Crippen LogP contribution >= 0.6 is 0 Å². The number of hydrogen-bond donors (Lipinski definition) is 2. The van der Waals surface area contributed by atoms with Gasteiger partial charge in [-0.2, -0.15) is 5.10 Å². The van der Waals surface area contributed by atoms with E-state index in [-0.39, 0.29) is 29.1 Å². The highest BCUT2D eigenvalue weighted by Gasteiger charge is 2.21. The van der Waals surface area contributed by atoms with Gasteiger partial charge in [-0.25, -0.2) is 37.1 Å². The fourth-order valence-corrected chi connectivity index (χ4v) is 5.03. The molecule has 38 heavy (non-hydrogen) atoms. The zero-order valence-electron chi connectivity index (χ0n) is 19.9. The number of hydrogen-bond acceptors (Lipinski definition) is 7. The molecule has 12 heteroatoms. The Morgan fingerprint density at radius 1 is 0.974 bits per heavy atom. The van der Waals surface area contributed by atoms with Crippen LogP contribution in [0.4, 0.5) is 8.78 Å². The second-order valence-corrected chi connectivity index (χ2v) is 11.2. The summed E-state index contributed by atoms with van der Waals surface area (Å²) in [5.41, 5.74) is 4.10. The smallest absolute Gasteiger partial charge is 0.178 e. The van der Waals surface area contributed by atoms with Gasteiger partial charge in [0.05, 0.1) is 22.2 Å². The summed E-state index contributed by atoms with van der Waals surface area (Å²) < 4.78 is 53.4. The van der Waals surface area contributed by atoms with Crippen LogP contribution < -0.4 is 0 Å². The predicted molar refractivity (Wildman–Crippen MR) is 139 cm³/mol. The van der Waals surface area contributed by atoms with Gasteiger partial charge in [0.2, 0.25) is 0 Å². The quantitative estimate of drug-likeness (QED) is 0.324. The maximum atomic E-state index is 15.7. The molecular formula is C26H19F2N7O2S. The first-order chi connectivity index (χ1) is 18.3. The zero-order chi connectivity index (χ0) is 26.4. The van der Waals surface area contributed by atoms with Crippen LogP contribution in [0.5, 0.6) is 0 Å². The number of fused-ring (bicyclic) bond motifs is 2. The van der Waals surface area contributed by atoms with Crippen molar-refractivity contribution in [3.05, 3.63) is 78.5 Å². The van der Waals surface area contributed by atoms with Crippen LogP contribution in [-0.4, -0.2) is 55.5 Å². The minimum absolute atomic E-state index is 0.0925. The summed E-state index contributed by atoms with van der Waals surface area (Å²) in [6, 6.07) is 9.46. The summed E-state index contributed by atoms with van der Waals surface area (Å²) >= 11 is 0. The molecule has 6 aromatic rings. The first kappa shape index (κ1) is 23.8. The second kappa shape index (κ2) is 9.06. The van der Waals surface area contributed by atoms with Gasteiger partial charge in [0.15, 0.2) is 11.5 Å². The number of H-pyrrole nitrogens is 2. The second-order valence-electron chi connectivity index (χ2n) is 8.92. The van der Waals surface area contributed by atoms with Gasteiger partial charge < -0.3 is 4.98 Å². The average Bonchev–Trinajstić information content (AvgIpc) is 3.52. The monoisotopic (exact) mass is 531 g/mol. The first-order valence-electron chi connectivity index (χ1n) is 11.5. The molecule has 9 nitrogen and oxygen atoms in total. The SMILES string of the molecule is CS(=O)(=O)CCc1cc(F)cc(-c2ccnc3nc(-c4n[nH]c5ccc(-c6cncnc6)c(F)c45)[nH]c23)c1. The van der Waals surface area contributed by atoms with Crippen LogP contribution in [0, 0.1) is 11.6 Å². The molecular weight excluding hydrogens is 512 g/mol. The third-order valence-corrected chi connectivity index (χ3v) is 7.13. The number of pyridine rings is 1. The minimum Gasteiger partial charge on any atom is -0.335 e. The molecule has 2 aromatic carbocycles. The molecule has 0 saturated carbocycles. The molecule has 0 aliphatic heterocycles. The number of rotatable bonds is 6. The molecule has 0 amide bonds. The number of aryl methyl sites for hydroxylation is 1. The maximum Gasteiger partial charge on any atom is 0.178 e. The molecule has 0 aliphatic carbocycles. The van der Waals surface area contributed by atoms with Gasteiger partial charge in [-0.05, 0) is 47.9 Å². The lowest BCUT2D eigenvalue weighted by Gasteiger charge is -2.07. The largest absolute Gasteiger partial charge is 0.335 e. The minimum atomic E-state index is -3.21. The summed E-state index contributed by atoms with van der Waals surface area (Å²) in [6.45, 7) is 0. The van der Waals surface area contributed by atoms with Crippen LogP contribution in [0.3, 0.4) is 0 Å². The number of halogens is 2. The Labute approximate surface area is 215 Å². The first-order valence-corrected chi connectivity index (χ1v) is 13.6. The van der Waals surface area contributed by atoms with E-state index >= 15 is 4.39 Å². The highest BCUT2D eigenvalue weighted by Crippen LogP contribution is 2.35. The van der Waals surface area contributed by atoms with Crippen molar-refractivity contribution >= 4 is 31.9 Å². The summed E-state index contributed by atoms with van der Waals surface area (Å²) in [6.07, 6.45) is 7.29. The molecule has 4 aromatic heterocycles. The van der Waals surface area contributed by atoms with E-state index in [9.17, 15) is 12.8 Å². The molecule has 0 fully saturated rings. The van der Waals surface area contributed by atoms with Crippen LogP contribution in [0.15, 0.2) is 61.3 Å². The van der Waals surface area contributed by atoms with Crippen LogP contribution in [0.1, 0.15) is 5.56 Å². The molecule has 0 spiro atoms. The van der Waals surface area contributed by atoms with E-state index in [1.165, 1.54) is 30.9 Å². The van der Waals surface area contributed by atoms with E-state index in [1.807, 2.05) is 0 Å². The Hall–Kier alpha value is -4.58. The standard InChI is InChI=1S/C26H19F2N7O2S/c1-38(36,37)7-5-14-8-15(10-17(27)9-14)19-4-6-31-25-23(19)32-26(33-25)24-21-20(34-35-24)3-2-18(22(21)28)16-11-29-13-30-12-16/h2-4,6,8-13H,5,7H2,1H3,(H,34,35)(H,31,32,33). The molecule has 0 aliphatic rings. The van der Waals surface area contributed by atoms with Gasteiger partial charge in [0.25, 0.3) is 0 Å². The molecule has 0 unspecified atom stereocenters. The molecule has 4 heterocycles. The number of sulfone groups is 1. The number of nitrogens with zero attached hydrogens (tertiary/aromatic N) is 5. The predicted octanol–water partition coefficient (Wildman–Crippen LogP) is 4.49. The van der Waals surface area contributed by atoms with Gasteiger partial charge in [-0.1, -0.05) is 6.07 Å². The third kappa shape index (κ3) is 4.39. The normalized spacial score (nSPS) is 12.0. The van der Waals surface area contributed by atoms with E-state index in [0.717, 1.165) is 6.26 Å². The fourth-order valence-electron chi connectivity index (χ4n) is 4.42. The highest BCUT2D eigenvalue weighted by atomic mass is 32.2. The van der Waals surface area contributed by atoms with Crippen molar-refractivity contribution in [1.82, 2.24) is 35.1 Å². The molecule has 0 saturated heterocycles. The Morgan fingerprint density at radius 2 is 1.79 bits per heavy atom. The van der Waals surface area contributed by atoms with E-state index in [0.29, 0.717) is 44.5 Å². The lowest BCUT2D eigenvalue weighted by Crippen LogP contribution is -2.06. The number of aromatic amines is 2. The molecule has 0 atom stereocenters. The maximum absolute atomic E-state index is 15.7. The van der Waals surface area contributed by atoms with Gasteiger partial charge >= 0.3 is 0 Å². The molecule has 2 N–H and O–H groups in total. The van der Waals surface area contributed by atoms with Crippen LogP contribution in [-0.2, 0) is 16.3 Å². The highest BCUT2D eigenvalue weighted by molar-refractivity contribution is 7.90. The van der Waals surface area contributed by atoms with Gasteiger partial charge in [0, 0.05) is 41.5 Å². The molecule has 6 rings (SSSR count). The van der Waals surface area contributed by atoms with Crippen molar-refractivity contribution in [2.75, 3.05) is 12.0 Å².